The Morgan fingerprint density at radius 3 is 3.18 bits per heavy atom. The van der Waals surface area contributed by atoms with Crippen LogP contribution in [0.25, 0.3) is 0 Å². The van der Waals surface area contributed by atoms with Crippen molar-refractivity contribution in [2.24, 2.45) is 9.98 Å². The average Bonchev–Trinajstić information content (AvgIpc) is 2.28. The van der Waals surface area contributed by atoms with Crippen LogP contribution in [-0.2, 0) is 6.54 Å². The van der Waals surface area contributed by atoms with Crippen LogP contribution >= 0.6 is 0 Å². The summed E-state index contributed by atoms with van der Waals surface area (Å²) in [5.74, 6) is 0. The summed E-state index contributed by atoms with van der Waals surface area (Å²) in [5, 5.41) is 0. The van der Waals surface area contributed by atoms with E-state index in [9.17, 15) is 0 Å². The second-order valence-corrected chi connectivity index (χ2v) is 2.33. The number of fused-ring (bicyclic) bond motifs is 1. The van der Waals surface area contributed by atoms with Crippen LogP contribution in [0.3, 0.4) is 0 Å². The minimum Gasteiger partial charge on any atom is -0.277 e. The standard InChI is InChI=1S/C9H7N2/c1-2-4-9-8(3-1)7-10-5-6-11-9/h1-4,6H,7H2. The van der Waals surface area contributed by atoms with Gasteiger partial charge in [-0.05, 0) is 11.6 Å². The smallest absolute Gasteiger partial charge is 0.103 e. The van der Waals surface area contributed by atoms with Gasteiger partial charge in [-0.3, -0.25) is 9.98 Å². The summed E-state index contributed by atoms with van der Waals surface area (Å²) in [6.45, 7) is 0.691. The molecule has 1 heterocycles. The summed E-state index contributed by atoms with van der Waals surface area (Å²) in [5.41, 5.74) is 2.16. The minimum absolute atomic E-state index is 0.691. The second-order valence-electron chi connectivity index (χ2n) is 2.33. The average molecular weight is 143 g/mol. The van der Waals surface area contributed by atoms with Gasteiger partial charge in [0.2, 0.25) is 0 Å². The van der Waals surface area contributed by atoms with E-state index in [2.05, 4.69) is 16.2 Å². The first-order valence-corrected chi connectivity index (χ1v) is 3.49. The molecule has 0 spiro atoms. The SMILES string of the molecule is [C]1=NCc2ccccc2N=C1. The molecular weight excluding hydrogens is 136 g/mol. The van der Waals surface area contributed by atoms with Crippen LogP contribution in [0.1, 0.15) is 5.56 Å². The highest BCUT2D eigenvalue weighted by molar-refractivity contribution is 6.17. The first kappa shape index (κ1) is 6.28. The van der Waals surface area contributed by atoms with E-state index in [0.717, 1.165) is 11.3 Å². The molecular formula is C9H7N2. The van der Waals surface area contributed by atoms with Crippen molar-refractivity contribution in [2.45, 2.75) is 6.54 Å². The van der Waals surface area contributed by atoms with Gasteiger partial charge in [-0.25, -0.2) is 0 Å². The Balaban J connectivity index is 2.52. The van der Waals surface area contributed by atoms with Gasteiger partial charge < -0.3 is 0 Å². The predicted octanol–water partition coefficient (Wildman–Crippen LogP) is 1.85. The number of hydrogen-bond acceptors (Lipinski definition) is 2. The Hall–Kier alpha value is -1.44. The van der Waals surface area contributed by atoms with Gasteiger partial charge in [0.25, 0.3) is 0 Å². The molecule has 2 nitrogen and oxygen atoms in total. The topological polar surface area (TPSA) is 24.7 Å². The third-order valence-corrected chi connectivity index (χ3v) is 1.59. The van der Waals surface area contributed by atoms with Crippen LogP contribution in [0.15, 0.2) is 34.3 Å². The van der Waals surface area contributed by atoms with Crippen molar-refractivity contribution in [3.8, 4) is 0 Å². The molecule has 53 valence electrons. The van der Waals surface area contributed by atoms with E-state index >= 15 is 0 Å². The first-order chi connectivity index (χ1) is 5.47. The Bertz CT molecular complexity index is 313. The maximum absolute atomic E-state index is 4.16. The number of rotatable bonds is 0. The number of para-hydroxylation sites is 1. The molecule has 0 atom stereocenters. The molecule has 0 unspecified atom stereocenters. The van der Waals surface area contributed by atoms with Gasteiger partial charge >= 0.3 is 0 Å². The second kappa shape index (κ2) is 2.66. The fourth-order valence-electron chi connectivity index (χ4n) is 1.04. The van der Waals surface area contributed by atoms with E-state index in [1.165, 1.54) is 0 Å². The van der Waals surface area contributed by atoms with Crippen LogP contribution in [0, 0.1) is 0 Å². The Labute approximate surface area is 65.3 Å². The minimum atomic E-state index is 0.691. The number of nitrogens with zero attached hydrogens (tertiary/aromatic N) is 2. The molecule has 0 saturated heterocycles. The Kier molecular flexibility index (Phi) is 1.52. The van der Waals surface area contributed by atoms with Crippen LogP contribution < -0.4 is 0 Å². The largest absolute Gasteiger partial charge is 0.277 e. The number of benzene rings is 1. The third-order valence-electron chi connectivity index (χ3n) is 1.59. The molecule has 0 N–H and O–H groups in total. The molecule has 0 aliphatic carbocycles. The number of aliphatic imine (C=N–C) groups is 2. The van der Waals surface area contributed by atoms with Gasteiger partial charge in [0.05, 0.1) is 18.4 Å². The van der Waals surface area contributed by atoms with E-state index in [4.69, 9.17) is 0 Å². The summed E-state index contributed by atoms with van der Waals surface area (Å²) in [6, 6.07) is 7.98. The van der Waals surface area contributed by atoms with Crippen molar-refractivity contribution in [3.63, 3.8) is 0 Å². The molecule has 1 aliphatic rings. The van der Waals surface area contributed by atoms with Crippen molar-refractivity contribution >= 4 is 18.1 Å². The summed E-state index contributed by atoms with van der Waals surface area (Å²) in [6.07, 6.45) is 4.33. The zero-order valence-electron chi connectivity index (χ0n) is 5.99. The zero-order valence-corrected chi connectivity index (χ0v) is 5.99. The molecule has 1 aromatic rings. The van der Waals surface area contributed by atoms with E-state index in [1.54, 1.807) is 6.21 Å². The summed E-state index contributed by atoms with van der Waals surface area (Å²) < 4.78 is 0. The molecule has 2 rings (SSSR count). The Morgan fingerprint density at radius 1 is 1.27 bits per heavy atom. The maximum atomic E-state index is 4.16. The van der Waals surface area contributed by atoms with Crippen molar-refractivity contribution < 1.29 is 0 Å². The van der Waals surface area contributed by atoms with Gasteiger partial charge in [-0.15, -0.1) is 0 Å². The normalized spacial score (nSPS) is 14.2. The van der Waals surface area contributed by atoms with Crippen molar-refractivity contribution in [2.75, 3.05) is 0 Å². The highest BCUT2D eigenvalue weighted by Gasteiger charge is 1.98. The fraction of sp³-hybridized carbons (Fsp3) is 0.111. The van der Waals surface area contributed by atoms with Crippen molar-refractivity contribution in [1.82, 2.24) is 0 Å². The van der Waals surface area contributed by atoms with E-state index in [1.807, 2.05) is 24.3 Å². The van der Waals surface area contributed by atoms with E-state index in [-0.39, 0.29) is 0 Å². The molecule has 11 heavy (non-hydrogen) atoms. The van der Waals surface area contributed by atoms with Crippen LogP contribution in [0.5, 0.6) is 0 Å². The molecule has 0 bridgehead atoms. The quantitative estimate of drug-likeness (QED) is 0.529. The molecule has 2 heteroatoms. The monoisotopic (exact) mass is 143 g/mol. The third kappa shape index (κ3) is 1.19. The molecule has 1 radical (unpaired) electrons. The summed E-state index contributed by atoms with van der Waals surface area (Å²) in [4.78, 5) is 8.17. The van der Waals surface area contributed by atoms with Gasteiger partial charge in [0.1, 0.15) is 6.21 Å². The lowest BCUT2D eigenvalue weighted by molar-refractivity contribution is 1.08. The molecule has 0 amide bonds. The van der Waals surface area contributed by atoms with Crippen molar-refractivity contribution in [3.05, 3.63) is 29.8 Å². The summed E-state index contributed by atoms with van der Waals surface area (Å²) >= 11 is 0. The van der Waals surface area contributed by atoms with E-state index < -0.39 is 0 Å². The van der Waals surface area contributed by atoms with Crippen molar-refractivity contribution in [1.29, 1.82) is 0 Å². The molecule has 1 aromatic carbocycles. The highest BCUT2D eigenvalue weighted by atomic mass is 14.8. The van der Waals surface area contributed by atoms with Gasteiger partial charge in [-0.1, -0.05) is 18.2 Å². The lowest BCUT2D eigenvalue weighted by Gasteiger charge is -1.97. The maximum Gasteiger partial charge on any atom is 0.103 e. The van der Waals surface area contributed by atoms with Gasteiger partial charge in [0, 0.05) is 0 Å². The molecule has 0 saturated carbocycles. The fourth-order valence-corrected chi connectivity index (χ4v) is 1.04. The van der Waals surface area contributed by atoms with Gasteiger partial charge in [-0.2, -0.15) is 0 Å². The van der Waals surface area contributed by atoms with Crippen LogP contribution in [-0.4, -0.2) is 12.4 Å². The molecule has 0 aromatic heterocycles. The number of hydrogen-bond donors (Lipinski definition) is 0. The lowest BCUT2D eigenvalue weighted by Crippen LogP contribution is -1.78. The molecule has 0 fully saturated rings. The lowest BCUT2D eigenvalue weighted by atomic mass is 10.2. The highest BCUT2D eigenvalue weighted by Crippen LogP contribution is 2.19. The van der Waals surface area contributed by atoms with E-state index in [0.29, 0.717) is 6.54 Å². The Morgan fingerprint density at radius 2 is 2.18 bits per heavy atom. The first-order valence-electron chi connectivity index (χ1n) is 3.49. The van der Waals surface area contributed by atoms with Crippen LogP contribution in [0.2, 0.25) is 0 Å². The summed E-state index contributed by atoms with van der Waals surface area (Å²) in [7, 11) is 0. The van der Waals surface area contributed by atoms with Crippen LogP contribution in [0.4, 0.5) is 5.69 Å². The molecule has 1 aliphatic heterocycles. The van der Waals surface area contributed by atoms with Gasteiger partial charge in [0.15, 0.2) is 0 Å². The zero-order chi connectivity index (χ0) is 7.52. The predicted molar refractivity (Wildman–Crippen MR) is 45.7 cm³/mol.